The summed E-state index contributed by atoms with van der Waals surface area (Å²) in [4.78, 5) is 22.8. The Hall–Kier alpha value is -2.10. The summed E-state index contributed by atoms with van der Waals surface area (Å²) in [6, 6.07) is 5.08. The molecule has 2 aromatic rings. The number of aryl methyl sites for hydroxylation is 1. The summed E-state index contributed by atoms with van der Waals surface area (Å²) in [5, 5.41) is 0.874. The van der Waals surface area contributed by atoms with Crippen LogP contribution in [0.15, 0.2) is 27.4 Å². The van der Waals surface area contributed by atoms with Crippen molar-refractivity contribution in [3.8, 4) is 5.75 Å². The van der Waals surface area contributed by atoms with E-state index in [1.807, 2.05) is 19.9 Å². The Morgan fingerprint density at radius 2 is 2.11 bits per heavy atom. The maximum Gasteiger partial charge on any atom is 0.339 e. The molecule has 100 valence electrons. The second-order valence-electron chi connectivity index (χ2n) is 4.49. The van der Waals surface area contributed by atoms with Gasteiger partial charge in [-0.05, 0) is 31.0 Å². The summed E-state index contributed by atoms with van der Waals surface area (Å²) < 4.78 is 10.3. The molecule has 4 nitrogen and oxygen atoms in total. The standard InChI is InChI=1S/C15H16O4/c1-4-5-13-9(2)12-7-6-11(18-10(3)16)8-14(12)19-15(13)17/h6-8H,4-5H2,1-3H3. The molecule has 0 aliphatic carbocycles. The SMILES string of the molecule is CCCc1c(C)c2ccc(OC(C)=O)cc2oc1=O. The van der Waals surface area contributed by atoms with Crippen LogP contribution in [0, 0.1) is 6.92 Å². The van der Waals surface area contributed by atoms with E-state index in [-0.39, 0.29) is 5.63 Å². The number of hydrogen-bond donors (Lipinski definition) is 0. The molecular weight excluding hydrogens is 244 g/mol. The van der Waals surface area contributed by atoms with E-state index in [9.17, 15) is 9.59 Å². The highest BCUT2D eigenvalue weighted by molar-refractivity contribution is 5.83. The quantitative estimate of drug-likeness (QED) is 0.483. The number of carbonyl (C=O) groups is 1. The first-order valence-corrected chi connectivity index (χ1v) is 6.27. The molecular formula is C15H16O4. The lowest BCUT2D eigenvalue weighted by Crippen LogP contribution is -2.10. The van der Waals surface area contributed by atoms with Gasteiger partial charge in [0.2, 0.25) is 0 Å². The van der Waals surface area contributed by atoms with E-state index in [2.05, 4.69) is 0 Å². The van der Waals surface area contributed by atoms with Gasteiger partial charge in [0.1, 0.15) is 11.3 Å². The van der Waals surface area contributed by atoms with Gasteiger partial charge >= 0.3 is 11.6 Å². The zero-order valence-corrected chi connectivity index (χ0v) is 11.3. The first kappa shape index (κ1) is 13.3. The van der Waals surface area contributed by atoms with E-state index in [1.165, 1.54) is 6.92 Å². The van der Waals surface area contributed by atoms with Crippen LogP contribution in [0.1, 0.15) is 31.4 Å². The predicted molar refractivity (Wildman–Crippen MR) is 72.5 cm³/mol. The van der Waals surface area contributed by atoms with Crippen molar-refractivity contribution in [2.75, 3.05) is 0 Å². The maximum absolute atomic E-state index is 11.9. The van der Waals surface area contributed by atoms with Gasteiger partial charge < -0.3 is 9.15 Å². The highest BCUT2D eigenvalue weighted by atomic mass is 16.5. The lowest BCUT2D eigenvalue weighted by molar-refractivity contribution is -0.131. The number of rotatable bonds is 3. The van der Waals surface area contributed by atoms with Gasteiger partial charge in [-0.25, -0.2) is 4.79 Å². The number of fused-ring (bicyclic) bond motifs is 1. The van der Waals surface area contributed by atoms with Gasteiger partial charge in [0.05, 0.1) is 0 Å². The molecule has 1 aromatic carbocycles. The monoisotopic (exact) mass is 260 g/mol. The molecule has 0 fully saturated rings. The van der Waals surface area contributed by atoms with Gasteiger partial charge in [-0.15, -0.1) is 0 Å². The highest BCUT2D eigenvalue weighted by Crippen LogP contribution is 2.24. The van der Waals surface area contributed by atoms with Crippen LogP contribution in [0.25, 0.3) is 11.0 Å². The average Bonchev–Trinajstić information content (AvgIpc) is 2.33. The lowest BCUT2D eigenvalue weighted by Gasteiger charge is -2.08. The van der Waals surface area contributed by atoms with Crippen LogP contribution < -0.4 is 10.4 Å². The summed E-state index contributed by atoms with van der Waals surface area (Å²) in [6.07, 6.45) is 1.60. The van der Waals surface area contributed by atoms with E-state index in [4.69, 9.17) is 9.15 Å². The van der Waals surface area contributed by atoms with Crippen LogP contribution in [0.4, 0.5) is 0 Å². The molecule has 4 heteroatoms. The van der Waals surface area contributed by atoms with Gasteiger partial charge in [0, 0.05) is 23.9 Å². The first-order chi connectivity index (χ1) is 9.02. The Morgan fingerprint density at radius 3 is 2.74 bits per heavy atom. The summed E-state index contributed by atoms with van der Waals surface area (Å²) >= 11 is 0. The van der Waals surface area contributed by atoms with Crippen molar-refractivity contribution in [1.29, 1.82) is 0 Å². The van der Waals surface area contributed by atoms with Gasteiger partial charge in [-0.3, -0.25) is 4.79 Å². The van der Waals surface area contributed by atoms with Crippen molar-refractivity contribution in [2.45, 2.75) is 33.6 Å². The Balaban J connectivity index is 2.60. The molecule has 0 atom stereocenters. The Bertz CT molecular complexity index is 682. The van der Waals surface area contributed by atoms with E-state index >= 15 is 0 Å². The van der Waals surface area contributed by atoms with Crippen molar-refractivity contribution in [3.63, 3.8) is 0 Å². The van der Waals surface area contributed by atoms with Crippen molar-refractivity contribution in [1.82, 2.24) is 0 Å². The van der Waals surface area contributed by atoms with Crippen LogP contribution in [0.2, 0.25) is 0 Å². The molecule has 0 aliphatic rings. The summed E-state index contributed by atoms with van der Waals surface area (Å²) in [5.41, 5.74) is 1.78. The van der Waals surface area contributed by atoms with Crippen molar-refractivity contribution < 1.29 is 13.9 Å². The van der Waals surface area contributed by atoms with Crippen LogP contribution in [-0.4, -0.2) is 5.97 Å². The molecule has 0 unspecified atom stereocenters. The third-order valence-corrected chi connectivity index (χ3v) is 3.02. The Kier molecular flexibility index (Phi) is 3.69. The number of esters is 1. The third-order valence-electron chi connectivity index (χ3n) is 3.02. The lowest BCUT2D eigenvalue weighted by atomic mass is 10.0. The summed E-state index contributed by atoms with van der Waals surface area (Å²) in [6.45, 7) is 5.26. The van der Waals surface area contributed by atoms with Crippen LogP contribution in [0.5, 0.6) is 5.75 Å². The zero-order valence-electron chi connectivity index (χ0n) is 11.3. The number of benzene rings is 1. The molecule has 0 N–H and O–H groups in total. The summed E-state index contributed by atoms with van der Waals surface area (Å²) in [7, 11) is 0. The second-order valence-corrected chi connectivity index (χ2v) is 4.49. The molecule has 1 heterocycles. The van der Waals surface area contributed by atoms with Gasteiger partial charge in [-0.1, -0.05) is 13.3 Å². The van der Waals surface area contributed by atoms with Crippen molar-refractivity contribution >= 4 is 16.9 Å². The number of carbonyl (C=O) groups excluding carboxylic acids is 1. The fraction of sp³-hybridized carbons (Fsp3) is 0.333. The van der Waals surface area contributed by atoms with E-state index < -0.39 is 5.97 Å². The second kappa shape index (κ2) is 5.26. The van der Waals surface area contributed by atoms with E-state index in [0.29, 0.717) is 17.8 Å². The minimum absolute atomic E-state index is 0.313. The van der Waals surface area contributed by atoms with E-state index in [1.54, 1.807) is 12.1 Å². The molecule has 0 saturated carbocycles. The molecule has 2 rings (SSSR count). The van der Waals surface area contributed by atoms with E-state index in [0.717, 1.165) is 22.9 Å². The van der Waals surface area contributed by atoms with Crippen LogP contribution in [-0.2, 0) is 11.2 Å². The van der Waals surface area contributed by atoms with Gasteiger partial charge in [0.15, 0.2) is 0 Å². The van der Waals surface area contributed by atoms with Gasteiger partial charge in [-0.2, -0.15) is 0 Å². The fourth-order valence-electron chi connectivity index (χ4n) is 2.14. The molecule has 0 spiro atoms. The number of ether oxygens (including phenoxy) is 1. The Labute approximate surface area is 111 Å². The largest absolute Gasteiger partial charge is 0.427 e. The molecule has 0 radical (unpaired) electrons. The normalized spacial score (nSPS) is 10.7. The van der Waals surface area contributed by atoms with Crippen molar-refractivity contribution in [2.24, 2.45) is 0 Å². The van der Waals surface area contributed by atoms with Crippen LogP contribution in [0.3, 0.4) is 0 Å². The first-order valence-electron chi connectivity index (χ1n) is 6.27. The van der Waals surface area contributed by atoms with Gasteiger partial charge in [0.25, 0.3) is 0 Å². The minimum Gasteiger partial charge on any atom is -0.427 e. The highest BCUT2D eigenvalue weighted by Gasteiger charge is 2.11. The summed E-state index contributed by atoms with van der Waals surface area (Å²) in [5.74, 6) is -0.0215. The fourth-order valence-corrected chi connectivity index (χ4v) is 2.14. The third kappa shape index (κ3) is 2.67. The Morgan fingerprint density at radius 1 is 1.37 bits per heavy atom. The molecule has 1 aromatic heterocycles. The molecule has 0 amide bonds. The zero-order chi connectivity index (χ0) is 14.0. The number of hydrogen-bond acceptors (Lipinski definition) is 4. The molecule has 19 heavy (non-hydrogen) atoms. The minimum atomic E-state index is -0.402. The average molecular weight is 260 g/mol. The molecule has 0 aliphatic heterocycles. The van der Waals surface area contributed by atoms with Crippen molar-refractivity contribution in [3.05, 3.63) is 39.7 Å². The topological polar surface area (TPSA) is 56.5 Å². The smallest absolute Gasteiger partial charge is 0.339 e. The molecule has 0 saturated heterocycles. The van der Waals surface area contributed by atoms with Crippen LogP contribution >= 0.6 is 0 Å². The molecule has 0 bridgehead atoms. The maximum atomic E-state index is 11.9. The predicted octanol–water partition coefficient (Wildman–Crippen LogP) is 2.98.